The molecule has 0 aliphatic rings. The van der Waals surface area contributed by atoms with Gasteiger partial charge in [0.05, 0.1) is 17.7 Å². The number of nitrogens with one attached hydrogen (secondary N) is 1. The molecule has 0 aliphatic carbocycles. The predicted octanol–water partition coefficient (Wildman–Crippen LogP) is 3.57. The number of carbonyl (C=O) groups excluding carboxylic acids is 1. The van der Waals surface area contributed by atoms with Crippen molar-refractivity contribution in [2.45, 2.75) is 11.3 Å². The topological polar surface area (TPSA) is 92.7 Å². The zero-order chi connectivity index (χ0) is 20.1. The van der Waals surface area contributed by atoms with Crippen LogP contribution in [0.1, 0.15) is 21.5 Å². The molecule has 0 saturated heterocycles. The summed E-state index contributed by atoms with van der Waals surface area (Å²) in [6, 6.07) is 20.3. The van der Waals surface area contributed by atoms with Crippen LogP contribution in [-0.2, 0) is 21.2 Å². The Morgan fingerprint density at radius 3 is 2.39 bits per heavy atom. The smallest absolute Gasteiger partial charge is 0.341 e. The van der Waals surface area contributed by atoms with Crippen molar-refractivity contribution in [3.05, 3.63) is 89.5 Å². The fourth-order valence-corrected chi connectivity index (χ4v) is 3.88. The number of methoxy groups -OCH3 is 1. The van der Waals surface area contributed by atoms with Crippen LogP contribution in [0.25, 0.3) is 0 Å². The molecule has 0 aromatic heterocycles. The van der Waals surface area contributed by atoms with E-state index in [0.29, 0.717) is 12.1 Å². The van der Waals surface area contributed by atoms with Gasteiger partial charge in [-0.15, -0.1) is 0 Å². The SMILES string of the molecule is COC(=O)c1cc(S(=O)(=O)Nc2ccccc2Cc2ccccc2)ccc1O. The minimum Gasteiger partial charge on any atom is -0.507 e. The van der Waals surface area contributed by atoms with Crippen molar-refractivity contribution in [3.8, 4) is 5.75 Å². The Hall–Kier alpha value is -3.32. The first-order valence-corrected chi connectivity index (χ1v) is 9.95. The number of para-hydroxylation sites is 1. The van der Waals surface area contributed by atoms with Crippen molar-refractivity contribution in [2.75, 3.05) is 11.8 Å². The summed E-state index contributed by atoms with van der Waals surface area (Å²) >= 11 is 0. The largest absolute Gasteiger partial charge is 0.507 e. The highest BCUT2D eigenvalue weighted by Gasteiger charge is 2.20. The lowest BCUT2D eigenvalue weighted by molar-refractivity contribution is 0.0597. The van der Waals surface area contributed by atoms with Gasteiger partial charge in [-0.25, -0.2) is 13.2 Å². The molecule has 0 atom stereocenters. The summed E-state index contributed by atoms with van der Waals surface area (Å²) in [6.45, 7) is 0. The highest BCUT2D eigenvalue weighted by Crippen LogP contribution is 2.26. The minimum atomic E-state index is -3.98. The molecule has 0 fully saturated rings. The van der Waals surface area contributed by atoms with Gasteiger partial charge >= 0.3 is 5.97 Å². The van der Waals surface area contributed by atoms with Gasteiger partial charge in [0.25, 0.3) is 10.0 Å². The van der Waals surface area contributed by atoms with Crippen molar-refractivity contribution >= 4 is 21.7 Å². The van der Waals surface area contributed by atoms with Crippen LogP contribution in [0.15, 0.2) is 77.7 Å². The first-order valence-electron chi connectivity index (χ1n) is 8.46. The van der Waals surface area contributed by atoms with Gasteiger partial charge in [-0.05, 0) is 41.8 Å². The van der Waals surface area contributed by atoms with E-state index in [1.165, 1.54) is 6.07 Å². The van der Waals surface area contributed by atoms with Gasteiger partial charge in [-0.3, -0.25) is 4.72 Å². The second-order valence-electron chi connectivity index (χ2n) is 6.10. The molecule has 2 N–H and O–H groups in total. The molecular weight excluding hydrogens is 378 g/mol. The molecule has 0 spiro atoms. The van der Waals surface area contributed by atoms with E-state index in [2.05, 4.69) is 9.46 Å². The van der Waals surface area contributed by atoms with E-state index in [4.69, 9.17) is 0 Å². The second-order valence-corrected chi connectivity index (χ2v) is 7.78. The molecule has 144 valence electrons. The van der Waals surface area contributed by atoms with Crippen molar-refractivity contribution in [1.29, 1.82) is 0 Å². The van der Waals surface area contributed by atoms with Crippen LogP contribution in [0, 0.1) is 0 Å². The number of anilines is 1. The van der Waals surface area contributed by atoms with E-state index < -0.39 is 16.0 Å². The third-order valence-electron chi connectivity index (χ3n) is 4.18. The van der Waals surface area contributed by atoms with Gasteiger partial charge in [0, 0.05) is 0 Å². The number of hydrogen-bond donors (Lipinski definition) is 2. The summed E-state index contributed by atoms with van der Waals surface area (Å²) in [5.41, 5.74) is 2.08. The Balaban J connectivity index is 1.92. The molecule has 3 aromatic rings. The lowest BCUT2D eigenvalue weighted by Gasteiger charge is -2.13. The van der Waals surface area contributed by atoms with Crippen LogP contribution < -0.4 is 4.72 Å². The van der Waals surface area contributed by atoms with Gasteiger partial charge in [-0.1, -0.05) is 48.5 Å². The summed E-state index contributed by atoms with van der Waals surface area (Å²) in [5, 5.41) is 9.78. The Labute approximate surface area is 163 Å². The summed E-state index contributed by atoms with van der Waals surface area (Å²) in [5.74, 6) is -1.17. The van der Waals surface area contributed by atoms with E-state index in [1.807, 2.05) is 42.5 Å². The normalized spacial score (nSPS) is 11.0. The zero-order valence-electron chi connectivity index (χ0n) is 15.1. The number of phenolic OH excluding ortho intramolecular Hbond substituents is 1. The molecule has 0 saturated carbocycles. The number of benzene rings is 3. The zero-order valence-corrected chi connectivity index (χ0v) is 15.9. The summed E-state index contributed by atoms with van der Waals surface area (Å²) in [7, 11) is -2.82. The molecule has 0 aliphatic heterocycles. The first-order chi connectivity index (χ1) is 13.4. The van der Waals surface area contributed by atoms with Crippen LogP contribution in [0.4, 0.5) is 5.69 Å². The summed E-state index contributed by atoms with van der Waals surface area (Å²) in [6.07, 6.45) is 0.558. The predicted molar refractivity (Wildman–Crippen MR) is 106 cm³/mol. The van der Waals surface area contributed by atoms with Crippen molar-refractivity contribution in [2.24, 2.45) is 0 Å². The number of aromatic hydroxyl groups is 1. The number of esters is 1. The number of hydrogen-bond acceptors (Lipinski definition) is 5. The van der Waals surface area contributed by atoms with E-state index >= 15 is 0 Å². The monoisotopic (exact) mass is 397 g/mol. The van der Waals surface area contributed by atoms with Crippen LogP contribution in [0.3, 0.4) is 0 Å². The fourth-order valence-electron chi connectivity index (χ4n) is 2.75. The molecule has 0 unspecified atom stereocenters. The molecule has 0 amide bonds. The lowest BCUT2D eigenvalue weighted by Crippen LogP contribution is -2.15. The average molecular weight is 397 g/mol. The maximum Gasteiger partial charge on any atom is 0.341 e. The Morgan fingerprint density at radius 2 is 1.68 bits per heavy atom. The van der Waals surface area contributed by atoms with Gasteiger partial charge < -0.3 is 9.84 Å². The fraction of sp³-hybridized carbons (Fsp3) is 0.0952. The van der Waals surface area contributed by atoms with Gasteiger partial charge in [-0.2, -0.15) is 0 Å². The highest BCUT2D eigenvalue weighted by molar-refractivity contribution is 7.92. The number of carbonyl (C=O) groups is 1. The molecule has 0 heterocycles. The third kappa shape index (κ3) is 4.32. The van der Waals surface area contributed by atoms with E-state index in [9.17, 15) is 18.3 Å². The standard InChI is InChI=1S/C21H19NO5S/c1-27-21(24)18-14-17(11-12-20(18)23)28(25,26)22-19-10-6-5-9-16(19)13-15-7-3-2-4-8-15/h2-12,14,22-23H,13H2,1H3. The number of sulfonamides is 1. The first kappa shape index (κ1) is 19.4. The Morgan fingerprint density at radius 1 is 1.00 bits per heavy atom. The second kappa shape index (κ2) is 8.14. The minimum absolute atomic E-state index is 0.153. The van der Waals surface area contributed by atoms with Crippen molar-refractivity contribution < 1.29 is 23.1 Å². The molecule has 3 aromatic carbocycles. The van der Waals surface area contributed by atoms with Crippen LogP contribution in [-0.4, -0.2) is 26.6 Å². The molecule has 0 radical (unpaired) electrons. The van der Waals surface area contributed by atoms with Crippen LogP contribution in [0.5, 0.6) is 5.75 Å². The van der Waals surface area contributed by atoms with Crippen LogP contribution >= 0.6 is 0 Å². The number of rotatable bonds is 6. The molecule has 0 bridgehead atoms. The average Bonchev–Trinajstić information content (AvgIpc) is 2.69. The van der Waals surface area contributed by atoms with Gasteiger partial charge in [0.1, 0.15) is 11.3 Å². The molecule has 6 nitrogen and oxygen atoms in total. The summed E-state index contributed by atoms with van der Waals surface area (Å²) < 4.78 is 32.8. The Kier molecular flexibility index (Phi) is 5.65. The van der Waals surface area contributed by atoms with Gasteiger partial charge in [0.2, 0.25) is 0 Å². The quantitative estimate of drug-likeness (QED) is 0.621. The lowest BCUT2D eigenvalue weighted by atomic mass is 10.0. The maximum atomic E-state index is 12.8. The third-order valence-corrected chi connectivity index (χ3v) is 5.55. The maximum absolute atomic E-state index is 12.8. The van der Waals surface area contributed by atoms with Crippen molar-refractivity contribution in [3.63, 3.8) is 0 Å². The molecule has 3 rings (SSSR count). The van der Waals surface area contributed by atoms with Crippen LogP contribution in [0.2, 0.25) is 0 Å². The van der Waals surface area contributed by atoms with Crippen molar-refractivity contribution in [1.82, 2.24) is 0 Å². The molecular formula is C21H19NO5S. The Bertz CT molecular complexity index is 1090. The molecule has 7 heteroatoms. The highest BCUT2D eigenvalue weighted by atomic mass is 32.2. The summed E-state index contributed by atoms with van der Waals surface area (Å²) in [4.78, 5) is 11.6. The van der Waals surface area contributed by atoms with Gasteiger partial charge in [0.15, 0.2) is 0 Å². The number of ether oxygens (including phenoxy) is 1. The van der Waals surface area contributed by atoms with E-state index in [-0.39, 0.29) is 16.2 Å². The molecule has 28 heavy (non-hydrogen) atoms. The van der Waals surface area contributed by atoms with E-state index in [0.717, 1.165) is 30.4 Å². The number of phenols is 1. The van der Waals surface area contributed by atoms with E-state index in [1.54, 1.807) is 12.1 Å².